The van der Waals surface area contributed by atoms with E-state index in [2.05, 4.69) is 17.9 Å². The lowest BCUT2D eigenvalue weighted by Gasteiger charge is -2.15. The molecule has 1 atom stereocenters. The van der Waals surface area contributed by atoms with Crippen LogP contribution in [0.25, 0.3) is 0 Å². The fourth-order valence-electron chi connectivity index (χ4n) is 1.19. The van der Waals surface area contributed by atoms with Crippen molar-refractivity contribution in [2.75, 3.05) is 6.54 Å². The average Bonchev–Trinajstić information content (AvgIpc) is 1.79. The van der Waals surface area contributed by atoms with E-state index in [0.717, 1.165) is 6.54 Å². The third kappa shape index (κ3) is 3.11. The number of rotatable bonds is 0. The number of hydrogen-bond donors (Lipinski definition) is 2. The lowest BCUT2D eigenvalue weighted by Crippen LogP contribution is -2.26. The van der Waals surface area contributed by atoms with Crippen molar-refractivity contribution in [3.8, 4) is 0 Å². The molecule has 0 spiro atoms. The van der Waals surface area contributed by atoms with Gasteiger partial charge in [-0.2, -0.15) is 12.6 Å². The maximum Gasteiger partial charge on any atom is 0.0502 e. The first-order valence-electron chi connectivity index (χ1n) is 3.81. The zero-order valence-electron chi connectivity index (χ0n) is 5.77. The van der Waals surface area contributed by atoms with Crippen LogP contribution in [0.15, 0.2) is 0 Å². The van der Waals surface area contributed by atoms with E-state index in [4.69, 9.17) is 0 Å². The van der Waals surface area contributed by atoms with Gasteiger partial charge in [0.15, 0.2) is 0 Å². The van der Waals surface area contributed by atoms with Crippen molar-refractivity contribution in [1.82, 2.24) is 5.32 Å². The molecule has 9 heavy (non-hydrogen) atoms. The lowest BCUT2D eigenvalue weighted by atomic mass is 10.1. The van der Waals surface area contributed by atoms with Crippen LogP contribution in [-0.4, -0.2) is 11.9 Å². The van der Waals surface area contributed by atoms with E-state index in [1.807, 2.05) is 0 Å². The Morgan fingerprint density at radius 3 is 2.78 bits per heavy atom. The molecule has 1 fully saturated rings. The average molecular weight is 145 g/mol. The van der Waals surface area contributed by atoms with Gasteiger partial charge in [0.05, 0.1) is 5.37 Å². The molecule has 1 rings (SSSR count). The van der Waals surface area contributed by atoms with Gasteiger partial charge in [-0.3, -0.25) is 0 Å². The molecule has 0 aromatic rings. The standard InChI is InChI=1S/C7H15NS/c9-7-5-3-1-2-4-6-8-7/h7-9H,1-6H2. The van der Waals surface area contributed by atoms with Gasteiger partial charge in [-0.25, -0.2) is 0 Å². The fraction of sp³-hybridized carbons (Fsp3) is 1.00. The van der Waals surface area contributed by atoms with Gasteiger partial charge in [0.1, 0.15) is 0 Å². The Kier molecular flexibility index (Phi) is 3.44. The highest BCUT2D eigenvalue weighted by atomic mass is 32.1. The molecule has 1 nitrogen and oxygen atoms in total. The predicted octanol–water partition coefficient (Wildman–Crippen LogP) is 1.80. The highest BCUT2D eigenvalue weighted by Gasteiger charge is 2.03. The largest absolute Gasteiger partial charge is 0.306 e. The summed E-state index contributed by atoms with van der Waals surface area (Å²) in [4.78, 5) is 0. The third-order valence-electron chi connectivity index (χ3n) is 1.78. The maximum absolute atomic E-state index is 4.37. The fourth-order valence-corrected chi connectivity index (χ4v) is 1.50. The van der Waals surface area contributed by atoms with Crippen molar-refractivity contribution >= 4 is 12.6 Å². The minimum atomic E-state index is 0.463. The predicted molar refractivity (Wildman–Crippen MR) is 43.9 cm³/mol. The third-order valence-corrected chi connectivity index (χ3v) is 2.23. The van der Waals surface area contributed by atoms with Crippen LogP contribution in [0.2, 0.25) is 0 Å². The SMILES string of the molecule is SC1CCCCCCN1. The molecule has 0 bridgehead atoms. The summed E-state index contributed by atoms with van der Waals surface area (Å²) in [6.45, 7) is 1.16. The molecule has 0 amide bonds. The van der Waals surface area contributed by atoms with Gasteiger partial charge in [-0.05, 0) is 19.4 Å². The summed E-state index contributed by atoms with van der Waals surface area (Å²) in [6.07, 6.45) is 6.72. The second-order valence-electron chi connectivity index (χ2n) is 2.67. The summed E-state index contributed by atoms with van der Waals surface area (Å²) in [5.41, 5.74) is 0. The van der Waals surface area contributed by atoms with E-state index in [1.165, 1.54) is 32.1 Å². The van der Waals surface area contributed by atoms with Crippen LogP contribution in [0, 0.1) is 0 Å². The molecule has 0 aromatic heterocycles. The van der Waals surface area contributed by atoms with E-state index in [0.29, 0.717) is 5.37 Å². The summed E-state index contributed by atoms with van der Waals surface area (Å²) >= 11 is 4.37. The van der Waals surface area contributed by atoms with E-state index in [1.54, 1.807) is 0 Å². The summed E-state index contributed by atoms with van der Waals surface area (Å²) < 4.78 is 0. The van der Waals surface area contributed by atoms with E-state index in [9.17, 15) is 0 Å². The number of thiol groups is 1. The molecule has 2 heteroatoms. The highest BCUT2D eigenvalue weighted by molar-refractivity contribution is 7.80. The smallest absolute Gasteiger partial charge is 0.0502 e. The second kappa shape index (κ2) is 4.18. The van der Waals surface area contributed by atoms with Crippen LogP contribution in [0.5, 0.6) is 0 Å². The Morgan fingerprint density at radius 1 is 1.11 bits per heavy atom. The van der Waals surface area contributed by atoms with Crippen molar-refractivity contribution in [3.63, 3.8) is 0 Å². The number of nitrogens with one attached hydrogen (secondary N) is 1. The monoisotopic (exact) mass is 145 g/mol. The van der Waals surface area contributed by atoms with Crippen molar-refractivity contribution in [3.05, 3.63) is 0 Å². The van der Waals surface area contributed by atoms with E-state index >= 15 is 0 Å². The molecular weight excluding hydrogens is 130 g/mol. The minimum Gasteiger partial charge on any atom is -0.306 e. The molecule has 0 aromatic carbocycles. The molecule has 0 saturated carbocycles. The van der Waals surface area contributed by atoms with Gasteiger partial charge < -0.3 is 5.32 Å². The Bertz CT molecular complexity index is 67.3. The van der Waals surface area contributed by atoms with E-state index in [-0.39, 0.29) is 0 Å². The molecule has 1 aliphatic heterocycles. The Labute approximate surface area is 62.6 Å². The molecule has 1 saturated heterocycles. The van der Waals surface area contributed by atoms with Crippen molar-refractivity contribution < 1.29 is 0 Å². The first-order chi connectivity index (χ1) is 4.39. The van der Waals surface area contributed by atoms with Crippen LogP contribution in [0.4, 0.5) is 0 Å². The van der Waals surface area contributed by atoms with Gasteiger partial charge in [-0.1, -0.05) is 19.3 Å². The minimum absolute atomic E-state index is 0.463. The van der Waals surface area contributed by atoms with E-state index < -0.39 is 0 Å². The van der Waals surface area contributed by atoms with Gasteiger partial charge in [0.25, 0.3) is 0 Å². The first kappa shape index (κ1) is 7.42. The molecule has 0 radical (unpaired) electrons. The zero-order chi connectivity index (χ0) is 6.53. The Morgan fingerprint density at radius 2 is 1.89 bits per heavy atom. The van der Waals surface area contributed by atoms with Crippen LogP contribution in [0.1, 0.15) is 32.1 Å². The van der Waals surface area contributed by atoms with Crippen LogP contribution in [-0.2, 0) is 0 Å². The molecule has 1 heterocycles. The molecule has 1 aliphatic rings. The second-order valence-corrected chi connectivity index (χ2v) is 3.30. The Hall–Kier alpha value is 0.310. The lowest BCUT2D eigenvalue weighted by molar-refractivity contribution is 0.496. The van der Waals surface area contributed by atoms with Gasteiger partial charge in [0.2, 0.25) is 0 Å². The summed E-state index contributed by atoms with van der Waals surface area (Å²) in [6, 6.07) is 0. The van der Waals surface area contributed by atoms with Gasteiger partial charge in [-0.15, -0.1) is 0 Å². The van der Waals surface area contributed by atoms with Crippen LogP contribution >= 0.6 is 12.6 Å². The summed E-state index contributed by atoms with van der Waals surface area (Å²) in [5.74, 6) is 0. The molecular formula is C7H15NS. The van der Waals surface area contributed by atoms with Crippen LogP contribution in [0.3, 0.4) is 0 Å². The Balaban J connectivity index is 2.12. The highest BCUT2D eigenvalue weighted by Crippen LogP contribution is 2.10. The quantitative estimate of drug-likeness (QED) is 0.495. The van der Waals surface area contributed by atoms with Crippen molar-refractivity contribution in [2.45, 2.75) is 37.5 Å². The molecule has 1 unspecified atom stereocenters. The first-order valence-corrected chi connectivity index (χ1v) is 4.33. The van der Waals surface area contributed by atoms with Crippen molar-refractivity contribution in [1.29, 1.82) is 0 Å². The zero-order valence-corrected chi connectivity index (χ0v) is 6.66. The topological polar surface area (TPSA) is 12.0 Å². The number of hydrogen-bond acceptors (Lipinski definition) is 2. The molecule has 0 aliphatic carbocycles. The molecule has 54 valence electrons. The normalized spacial score (nSPS) is 31.0. The van der Waals surface area contributed by atoms with Crippen molar-refractivity contribution in [2.24, 2.45) is 0 Å². The molecule has 1 N–H and O–H groups in total. The van der Waals surface area contributed by atoms with Gasteiger partial charge >= 0.3 is 0 Å². The summed E-state index contributed by atoms with van der Waals surface area (Å²) in [5, 5.41) is 3.81. The van der Waals surface area contributed by atoms with Crippen LogP contribution < -0.4 is 5.32 Å². The maximum atomic E-state index is 4.37. The van der Waals surface area contributed by atoms with Gasteiger partial charge in [0, 0.05) is 0 Å². The summed E-state index contributed by atoms with van der Waals surface area (Å²) in [7, 11) is 0.